The first-order chi connectivity index (χ1) is 14.2. The number of benzene rings is 2. The molecule has 30 heavy (non-hydrogen) atoms. The van der Waals surface area contributed by atoms with E-state index in [1.807, 2.05) is 0 Å². The zero-order valence-electron chi connectivity index (χ0n) is 15.6. The van der Waals surface area contributed by atoms with Crippen molar-refractivity contribution >= 4 is 29.2 Å². The fourth-order valence-corrected chi connectivity index (χ4v) is 2.79. The Balaban J connectivity index is 1.48. The molecule has 3 rings (SSSR count). The summed E-state index contributed by atoms with van der Waals surface area (Å²) in [5.41, 5.74) is -0.446. The number of carbonyl (C=O) groups is 3. The van der Waals surface area contributed by atoms with Crippen LogP contribution in [0.5, 0.6) is 5.75 Å². The first kappa shape index (κ1) is 21.2. The molecule has 1 heterocycles. The van der Waals surface area contributed by atoms with Gasteiger partial charge in [0.05, 0.1) is 17.7 Å². The smallest absolute Gasteiger partial charge is 0.416 e. The van der Waals surface area contributed by atoms with Gasteiger partial charge in [0.1, 0.15) is 5.75 Å². The molecular formula is C20H17F3N2O5. The predicted molar refractivity (Wildman–Crippen MR) is 99.9 cm³/mol. The average Bonchev–Trinajstić information content (AvgIpc) is 2.71. The van der Waals surface area contributed by atoms with Crippen LogP contribution in [-0.4, -0.2) is 37.5 Å². The molecule has 1 aliphatic rings. The van der Waals surface area contributed by atoms with Gasteiger partial charge in [-0.1, -0.05) is 18.2 Å². The van der Waals surface area contributed by atoms with E-state index in [0.29, 0.717) is 11.4 Å². The molecule has 2 amide bonds. The number of halogens is 3. The van der Waals surface area contributed by atoms with E-state index in [4.69, 9.17) is 9.47 Å². The van der Waals surface area contributed by atoms with Gasteiger partial charge < -0.3 is 19.7 Å². The molecule has 0 saturated carbocycles. The number of ether oxygens (including phenoxy) is 2. The van der Waals surface area contributed by atoms with Crippen LogP contribution < -0.4 is 15.0 Å². The second kappa shape index (κ2) is 8.85. The zero-order valence-corrected chi connectivity index (χ0v) is 15.6. The number of esters is 1. The number of nitrogens with one attached hydrogen (secondary N) is 1. The first-order valence-corrected chi connectivity index (χ1v) is 8.89. The van der Waals surface area contributed by atoms with Crippen molar-refractivity contribution in [1.82, 2.24) is 0 Å². The number of amides is 2. The molecule has 0 radical (unpaired) electrons. The summed E-state index contributed by atoms with van der Waals surface area (Å²) in [5.74, 6) is -1.31. The van der Waals surface area contributed by atoms with E-state index in [-0.39, 0.29) is 31.2 Å². The van der Waals surface area contributed by atoms with Crippen molar-refractivity contribution in [2.45, 2.75) is 12.6 Å². The lowest BCUT2D eigenvalue weighted by Crippen LogP contribution is -2.40. The number of para-hydroxylation sites is 2. The Morgan fingerprint density at radius 1 is 1.13 bits per heavy atom. The first-order valence-electron chi connectivity index (χ1n) is 8.89. The standard InChI is InChI=1S/C20H17F3N2O5/c21-20(22,23)13-4-3-5-14(10-13)24-17(26)11-30-19(28)8-9-25-15-6-1-2-7-16(15)29-12-18(25)27/h1-7,10H,8-9,11-12H2,(H,24,26). The van der Waals surface area contributed by atoms with E-state index in [9.17, 15) is 27.6 Å². The second-order valence-electron chi connectivity index (χ2n) is 6.34. The number of alkyl halides is 3. The number of nitrogens with zero attached hydrogens (tertiary/aromatic N) is 1. The second-order valence-corrected chi connectivity index (χ2v) is 6.34. The summed E-state index contributed by atoms with van der Waals surface area (Å²) < 4.78 is 48.3. The molecule has 0 aliphatic carbocycles. The predicted octanol–water partition coefficient (Wildman–Crippen LogP) is 3.00. The maximum absolute atomic E-state index is 12.7. The number of fused-ring (bicyclic) bond motifs is 1. The van der Waals surface area contributed by atoms with Crippen molar-refractivity contribution in [1.29, 1.82) is 0 Å². The zero-order chi connectivity index (χ0) is 21.7. The minimum atomic E-state index is -4.54. The van der Waals surface area contributed by atoms with Crippen molar-refractivity contribution in [2.75, 3.05) is 30.0 Å². The summed E-state index contributed by atoms with van der Waals surface area (Å²) >= 11 is 0. The maximum atomic E-state index is 12.7. The Morgan fingerprint density at radius 2 is 1.90 bits per heavy atom. The van der Waals surface area contributed by atoms with Crippen LogP contribution in [0.4, 0.5) is 24.5 Å². The van der Waals surface area contributed by atoms with Gasteiger partial charge in [0, 0.05) is 12.2 Å². The molecule has 0 spiro atoms. The lowest BCUT2D eigenvalue weighted by molar-refractivity contribution is -0.147. The molecule has 0 saturated heterocycles. The quantitative estimate of drug-likeness (QED) is 0.724. The van der Waals surface area contributed by atoms with Crippen LogP contribution in [0.15, 0.2) is 48.5 Å². The fourth-order valence-electron chi connectivity index (χ4n) is 2.79. The molecule has 10 heteroatoms. The molecule has 0 fully saturated rings. The molecule has 1 aliphatic heterocycles. The lowest BCUT2D eigenvalue weighted by atomic mass is 10.2. The largest absolute Gasteiger partial charge is 0.482 e. The Morgan fingerprint density at radius 3 is 2.67 bits per heavy atom. The van der Waals surface area contributed by atoms with Crippen LogP contribution in [0.1, 0.15) is 12.0 Å². The van der Waals surface area contributed by atoms with E-state index in [1.54, 1.807) is 24.3 Å². The van der Waals surface area contributed by atoms with E-state index >= 15 is 0 Å². The summed E-state index contributed by atoms with van der Waals surface area (Å²) in [6.07, 6.45) is -4.71. The number of carbonyl (C=O) groups excluding carboxylic acids is 3. The Labute approximate surface area is 169 Å². The number of hydrogen-bond donors (Lipinski definition) is 1. The van der Waals surface area contributed by atoms with E-state index in [0.717, 1.165) is 18.2 Å². The molecular weight excluding hydrogens is 405 g/mol. The average molecular weight is 422 g/mol. The van der Waals surface area contributed by atoms with Gasteiger partial charge in [-0.25, -0.2) is 0 Å². The molecule has 0 aromatic heterocycles. The lowest BCUT2D eigenvalue weighted by Gasteiger charge is -2.28. The van der Waals surface area contributed by atoms with Crippen molar-refractivity contribution in [3.05, 3.63) is 54.1 Å². The molecule has 158 valence electrons. The van der Waals surface area contributed by atoms with Gasteiger partial charge in [-0.05, 0) is 30.3 Å². The number of anilines is 2. The third-order valence-electron chi connectivity index (χ3n) is 4.19. The summed E-state index contributed by atoms with van der Waals surface area (Å²) in [6.45, 7) is -0.776. The highest BCUT2D eigenvalue weighted by Crippen LogP contribution is 2.32. The topological polar surface area (TPSA) is 84.9 Å². The third kappa shape index (κ3) is 5.28. The van der Waals surface area contributed by atoms with Crippen molar-refractivity contribution in [3.8, 4) is 5.75 Å². The van der Waals surface area contributed by atoms with Crippen LogP contribution in [-0.2, 0) is 25.3 Å². The Hall–Kier alpha value is -3.56. The summed E-state index contributed by atoms with van der Waals surface area (Å²) in [7, 11) is 0. The number of hydrogen-bond acceptors (Lipinski definition) is 5. The molecule has 2 aromatic rings. The SMILES string of the molecule is O=C(COC(=O)CCN1C(=O)COc2ccccc21)Nc1cccc(C(F)(F)F)c1. The Bertz CT molecular complexity index is 961. The van der Waals surface area contributed by atoms with E-state index in [1.165, 1.54) is 11.0 Å². The molecule has 7 nitrogen and oxygen atoms in total. The highest BCUT2D eigenvalue weighted by atomic mass is 19.4. The minimum absolute atomic E-state index is 0.0350. The van der Waals surface area contributed by atoms with E-state index < -0.39 is 30.2 Å². The van der Waals surface area contributed by atoms with Gasteiger partial charge in [0.25, 0.3) is 11.8 Å². The fraction of sp³-hybridized carbons (Fsp3) is 0.250. The van der Waals surface area contributed by atoms with Gasteiger partial charge >= 0.3 is 12.1 Å². The molecule has 2 aromatic carbocycles. The van der Waals surface area contributed by atoms with Gasteiger partial charge in [-0.2, -0.15) is 13.2 Å². The van der Waals surface area contributed by atoms with E-state index in [2.05, 4.69) is 5.32 Å². The normalized spacial score (nSPS) is 13.3. The van der Waals surface area contributed by atoms with Crippen LogP contribution >= 0.6 is 0 Å². The molecule has 1 N–H and O–H groups in total. The third-order valence-corrected chi connectivity index (χ3v) is 4.19. The van der Waals surface area contributed by atoms with Crippen molar-refractivity contribution in [3.63, 3.8) is 0 Å². The van der Waals surface area contributed by atoms with Gasteiger partial charge in [-0.15, -0.1) is 0 Å². The minimum Gasteiger partial charge on any atom is -0.482 e. The van der Waals surface area contributed by atoms with Crippen LogP contribution in [0.2, 0.25) is 0 Å². The van der Waals surface area contributed by atoms with Crippen LogP contribution in [0.25, 0.3) is 0 Å². The summed E-state index contributed by atoms with van der Waals surface area (Å²) in [4.78, 5) is 37.2. The summed E-state index contributed by atoms with van der Waals surface area (Å²) in [5, 5.41) is 2.24. The van der Waals surface area contributed by atoms with Crippen molar-refractivity contribution < 1.29 is 37.0 Å². The molecule has 0 atom stereocenters. The molecule has 0 unspecified atom stereocenters. The highest BCUT2D eigenvalue weighted by Gasteiger charge is 2.30. The van der Waals surface area contributed by atoms with Gasteiger partial charge in [-0.3, -0.25) is 14.4 Å². The summed E-state index contributed by atoms with van der Waals surface area (Å²) in [6, 6.07) is 11.0. The van der Waals surface area contributed by atoms with Gasteiger partial charge in [0.2, 0.25) is 0 Å². The monoisotopic (exact) mass is 422 g/mol. The van der Waals surface area contributed by atoms with Crippen LogP contribution in [0, 0.1) is 0 Å². The maximum Gasteiger partial charge on any atom is 0.416 e. The Kier molecular flexibility index (Phi) is 6.24. The van der Waals surface area contributed by atoms with Gasteiger partial charge in [0.15, 0.2) is 13.2 Å². The number of rotatable bonds is 6. The van der Waals surface area contributed by atoms with Crippen LogP contribution in [0.3, 0.4) is 0 Å². The van der Waals surface area contributed by atoms with Crippen molar-refractivity contribution in [2.24, 2.45) is 0 Å². The highest BCUT2D eigenvalue weighted by molar-refractivity contribution is 5.98. The molecule has 0 bridgehead atoms.